The summed E-state index contributed by atoms with van der Waals surface area (Å²) in [6.45, 7) is 6.01. The van der Waals surface area contributed by atoms with Crippen LogP contribution in [0.3, 0.4) is 0 Å². The zero-order chi connectivity index (χ0) is 13.1. The second-order valence-electron chi connectivity index (χ2n) is 4.40. The van der Waals surface area contributed by atoms with Gasteiger partial charge < -0.3 is 19.5 Å². The van der Waals surface area contributed by atoms with Crippen LogP contribution in [0.1, 0.15) is 32.6 Å². The molecule has 1 aliphatic heterocycles. The molecule has 0 aromatic heterocycles. The second-order valence-corrected chi connectivity index (χ2v) is 4.40. The summed E-state index contributed by atoms with van der Waals surface area (Å²) < 4.78 is 16.0. The number of nitrogens with one attached hydrogen (secondary N) is 1. The van der Waals surface area contributed by atoms with Gasteiger partial charge in [0.25, 0.3) is 0 Å². The number of hydrogen-bond donors (Lipinski definition) is 1. The van der Waals surface area contributed by atoms with Crippen molar-refractivity contribution in [3.63, 3.8) is 0 Å². The molecule has 0 spiro atoms. The van der Waals surface area contributed by atoms with Gasteiger partial charge in [0.1, 0.15) is 6.61 Å². The van der Waals surface area contributed by atoms with Crippen LogP contribution in [0.5, 0.6) is 0 Å². The molecule has 0 radical (unpaired) electrons. The molecule has 0 saturated carbocycles. The number of rotatable bonds is 9. The fourth-order valence-electron chi connectivity index (χ4n) is 1.83. The zero-order valence-electron chi connectivity index (χ0n) is 11.3. The summed E-state index contributed by atoms with van der Waals surface area (Å²) >= 11 is 0. The number of carbonyl (C=O) groups is 1. The summed E-state index contributed by atoms with van der Waals surface area (Å²) in [5.74, 6) is -0.146. The standard InChI is InChI=1S/C13H25NO4/c1-2-3-13(15)18-11-9-16-8-10-17-12-4-6-14-7-5-12/h12,14H,2-11H2,1H3. The fraction of sp³-hybridized carbons (Fsp3) is 0.923. The molecule has 0 atom stereocenters. The maximum Gasteiger partial charge on any atom is 0.305 e. The van der Waals surface area contributed by atoms with Crippen LogP contribution in [0.4, 0.5) is 0 Å². The summed E-state index contributed by atoms with van der Waals surface area (Å²) in [4.78, 5) is 11.0. The third-order valence-electron chi connectivity index (χ3n) is 2.81. The highest BCUT2D eigenvalue weighted by Crippen LogP contribution is 2.06. The Hall–Kier alpha value is -0.650. The molecule has 1 N–H and O–H groups in total. The van der Waals surface area contributed by atoms with Gasteiger partial charge in [0.05, 0.1) is 25.9 Å². The highest BCUT2D eigenvalue weighted by Gasteiger charge is 2.12. The molecular formula is C13H25NO4. The van der Waals surface area contributed by atoms with Crippen LogP contribution >= 0.6 is 0 Å². The summed E-state index contributed by atoms with van der Waals surface area (Å²) in [5.41, 5.74) is 0. The van der Waals surface area contributed by atoms with Crippen LogP contribution in [0.25, 0.3) is 0 Å². The highest BCUT2D eigenvalue weighted by atomic mass is 16.6. The van der Waals surface area contributed by atoms with E-state index >= 15 is 0 Å². The highest BCUT2D eigenvalue weighted by molar-refractivity contribution is 5.69. The van der Waals surface area contributed by atoms with Gasteiger partial charge in [-0.15, -0.1) is 0 Å². The van der Waals surface area contributed by atoms with E-state index in [-0.39, 0.29) is 5.97 Å². The summed E-state index contributed by atoms with van der Waals surface area (Å²) in [5, 5.41) is 3.29. The Kier molecular flexibility index (Phi) is 8.81. The lowest BCUT2D eigenvalue weighted by atomic mass is 10.1. The summed E-state index contributed by atoms with van der Waals surface area (Å²) in [6, 6.07) is 0. The van der Waals surface area contributed by atoms with Crippen LogP contribution in [0.15, 0.2) is 0 Å². The molecule has 1 aliphatic rings. The van der Waals surface area contributed by atoms with Gasteiger partial charge in [-0.2, -0.15) is 0 Å². The van der Waals surface area contributed by atoms with Gasteiger partial charge >= 0.3 is 5.97 Å². The minimum Gasteiger partial charge on any atom is -0.463 e. The third kappa shape index (κ3) is 7.63. The molecule has 0 unspecified atom stereocenters. The number of esters is 1. The number of piperidine rings is 1. The molecule has 1 heterocycles. The predicted octanol–water partition coefficient (Wildman–Crippen LogP) is 1.11. The van der Waals surface area contributed by atoms with E-state index in [9.17, 15) is 4.79 Å². The zero-order valence-corrected chi connectivity index (χ0v) is 11.3. The molecule has 1 fully saturated rings. The van der Waals surface area contributed by atoms with Crippen molar-refractivity contribution in [1.82, 2.24) is 5.32 Å². The molecule has 0 aliphatic carbocycles. The molecule has 0 amide bonds. The second kappa shape index (κ2) is 10.3. The minimum absolute atomic E-state index is 0.146. The fourth-order valence-corrected chi connectivity index (χ4v) is 1.83. The Labute approximate surface area is 109 Å². The van der Waals surface area contributed by atoms with E-state index in [0.29, 0.717) is 39.0 Å². The first kappa shape index (κ1) is 15.4. The van der Waals surface area contributed by atoms with Crippen molar-refractivity contribution in [2.45, 2.75) is 38.7 Å². The first-order chi connectivity index (χ1) is 8.83. The van der Waals surface area contributed by atoms with E-state index < -0.39 is 0 Å². The number of ether oxygens (including phenoxy) is 3. The summed E-state index contributed by atoms with van der Waals surface area (Å²) in [7, 11) is 0. The lowest BCUT2D eigenvalue weighted by molar-refractivity contribution is -0.145. The minimum atomic E-state index is -0.146. The van der Waals surface area contributed by atoms with Crippen molar-refractivity contribution < 1.29 is 19.0 Å². The van der Waals surface area contributed by atoms with E-state index in [1.165, 1.54) is 0 Å². The van der Waals surface area contributed by atoms with Crippen LogP contribution in [0, 0.1) is 0 Å². The quantitative estimate of drug-likeness (QED) is 0.496. The first-order valence-electron chi connectivity index (χ1n) is 6.88. The van der Waals surface area contributed by atoms with Gasteiger partial charge in [0, 0.05) is 6.42 Å². The predicted molar refractivity (Wildman–Crippen MR) is 68.5 cm³/mol. The number of carbonyl (C=O) groups excluding carboxylic acids is 1. The van der Waals surface area contributed by atoms with Crippen molar-refractivity contribution in [3.05, 3.63) is 0 Å². The van der Waals surface area contributed by atoms with E-state index in [2.05, 4.69) is 5.32 Å². The monoisotopic (exact) mass is 259 g/mol. The average Bonchev–Trinajstić information content (AvgIpc) is 2.39. The van der Waals surface area contributed by atoms with Gasteiger partial charge in [-0.25, -0.2) is 0 Å². The molecule has 5 nitrogen and oxygen atoms in total. The van der Waals surface area contributed by atoms with Crippen LogP contribution < -0.4 is 5.32 Å². The van der Waals surface area contributed by atoms with E-state index in [1.807, 2.05) is 6.92 Å². The Bertz CT molecular complexity index is 217. The molecule has 1 saturated heterocycles. The summed E-state index contributed by atoms with van der Waals surface area (Å²) in [6.07, 6.45) is 3.84. The van der Waals surface area contributed by atoms with E-state index in [4.69, 9.17) is 14.2 Å². The van der Waals surface area contributed by atoms with Crippen molar-refractivity contribution in [3.8, 4) is 0 Å². The van der Waals surface area contributed by atoms with Gasteiger partial charge in [-0.3, -0.25) is 4.79 Å². The van der Waals surface area contributed by atoms with Crippen LogP contribution in [-0.2, 0) is 19.0 Å². The number of hydrogen-bond acceptors (Lipinski definition) is 5. The maximum atomic E-state index is 11.0. The smallest absolute Gasteiger partial charge is 0.305 e. The Morgan fingerprint density at radius 3 is 2.61 bits per heavy atom. The van der Waals surface area contributed by atoms with Gasteiger partial charge in [-0.05, 0) is 32.4 Å². The van der Waals surface area contributed by atoms with E-state index in [1.54, 1.807) is 0 Å². The Balaban J connectivity index is 1.82. The SMILES string of the molecule is CCCC(=O)OCCOCCOC1CCNCC1. The normalized spacial score (nSPS) is 16.7. The van der Waals surface area contributed by atoms with Gasteiger partial charge in [0.15, 0.2) is 0 Å². The molecule has 106 valence electrons. The lowest BCUT2D eigenvalue weighted by Gasteiger charge is -2.22. The van der Waals surface area contributed by atoms with Crippen molar-refractivity contribution >= 4 is 5.97 Å². The maximum absolute atomic E-state index is 11.0. The molecule has 1 rings (SSSR count). The molecule has 0 bridgehead atoms. The average molecular weight is 259 g/mol. The van der Waals surface area contributed by atoms with Crippen molar-refractivity contribution in [2.24, 2.45) is 0 Å². The molecule has 5 heteroatoms. The van der Waals surface area contributed by atoms with Gasteiger partial charge in [0.2, 0.25) is 0 Å². The molecule has 0 aromatic carbocycles. The Morgan fingerprint density at radius 2 is 1.89 bits per heavy atom. The van der Waals surface area contributed by atoms with Gasteiger partial charge in [-0.1, -0.05) is 6.92 Å². The first-order valence-corrected chi connectivity index (χ1v) is 6.88. The molecular weight excluding hydrogens is 234 g/mol. The Morgan fingerprint density at radius 1 is 1.17 bits per heavy atom. The van der Waals surface area contributed by atoms with Crippen molar-refractivity contribution in [2.75, 3.05) is 39.5 Å². The topological polar surface area (TPSA) is 56.8 Å². The molecule has 18 heavy (non-hydrogen) atoms. The lowest BCUT2D eigenvalue weighted by Crippen LogP contribution is -2.33. The van der Waals surface area contributed by atoms with Crippen molar-refractivity contribution in [1.29, 1.82) is 0 Å². The van der Waals surface area contributed by atoms with Crippen LogP contribution in [0.2, 0.25) is 0 Å². The van der Waals surface area contributed by atoms with Crippen LogP contribution in [-0.4, -0.2) is 51.6 Å². The third-order valence-corrected chi connectivity index (χ3v) is 2.81. The van der Waals surface area contributed by atoms with E-state index in [0.717, 1.165) is 32.4 Å². The largest absolute Gasteiger partial charge is 0.463 e. The molecule has 0 aromatic rings.